The molecular weight excluding hydrogens is 254 g/mol. The fourth-order valence-corrected chi connectivity index (χ4v) is 3.38. The Labute approximate surface area is 120 Å². The number of rotatable bonds is 3. The third kappa shape index (κ3) is 3.08. The van der Waals surface area contributed by atoms with E-state index in [4.69, 9.17) is 13.9 Å². The molecule has 1 aromatic heterocycles. The summed E-state index contributed by atoms with van der Waals surface area (Å²) in [6.07, 6.45) is 4.21. The predicted molar refractivity (Wildman–Crippen MR) is 76.8 cm³/mol. The molecule has 0 radical (unpaired) electrons. The number of furan rings is 1. The molecule has 112 valence electrons. The Morgan fingerprint density at radius 3 is 2.75 bits per heavy atom. The summed E-state index contributed by atoms with van der Waals surface area (Å²) in [6, 6.07) is 4.85. The van der Waals surface area contributed by atoms with E-state index in [1.54, 1.807) is 0 Å². The molecule has 2 aliphatic rings. The van der Waals surface area contributed by atoms with E-state index in [0.717, 1.165) is 57.0 Å². The van der Waals surface area contributed by atoms with Gasteiger partial charge in [0.25, 0.3) is 0 Å². The summed E-state index contributed by atoms with van der Waals surface area (Å²) in [5.41, 5.74) is 0.0486. The molecule has 20 heavy (non-hydrogen) atoms. The summed E-state index contributed by atoms with van der Waals surface area (Å²) in [5, 5.41) is 3.71. The summed E-state index contributed by atoms with van der Waals surface area (Å²) >= 11 is 0. The highest BCUT2D eigenvalue weighted by atomic mass is 16.5. The molecule has 0 saturated carbocycles. The Bertz CT molecular complexity index is 431. The van der Waals surface area contributed by atoms with Crippen LogP contribution >= 0.6 is 0 Å². The van der Waals surface area contributed by atoms with Crippen LogP contribution in [0.1, 0.15) is 50.2 Å². The van der Waals surface area contributed by atoms with Crippen molar-refractivity contribution in [3.05, 3.63) is 23.7 Å². The lowest BCUT2D eigenvalue weighted by atomic mass is 9.84. The SMILES string of the molecule is Cc1ccc(C(C)NC2CCOC3(CCOCC3)C2)o1. The van der Waals surface area contributed by atoms with Crippen molar-refractivity contribution in [3.8, 4) is 0 Å². The van der Waals surface area contributed by atoms with Crippen molar-refractivity contribution in [3.63, 3.8) is 0 Å². The van der Waals surface area contributed by atoms with Crippen molar-refractivity contribution in [1.82, 2.24) is 5.32 Å². The van der Waals surface area contributed by atoms with E-state index in [9.17, 15) is 0 Å². The van der Waals surface area contributed by atoms with Gasteiger partial charge in [-0.1, -0.05) is 0 Å². The van der Waals surface area contributed by atoms with E-state index in [2.05, 4.69) is 18.3 Å². The third-order valence-electron chi connectivity index (χ3n) is 4.57. The normalized spacial score (nSPS) is 27.6. The second-order valence-electron chi connectivity index (χ2n) is 6.17. The molecule has 1 N–H and O–H groups in total. The minimum atomic E-state index is 0.0486. The topological polar surface area (TPSA) is 43.6 Å². The first kappa shape index (κ1) is 14.1. The molecule has 2 unspecified atom stereocenters. The van der Waals surface area contributed by atoms with Gasteiger partial charge in [0, 0.05) is 25.9 Å². The average molecular weight is 279 g/mol. The molecule has 1 spiro atoms. The lowest BCUT2D eigenvalue weighted by molar-refractivity contribution is -0.141. The maximum atomic E-state index is 6.08. The minimum absolute atomic E-state index is 0.0486. The van der Waals surface area contributed by atoms with Gasteiger partial charge in [-0.2, -0.15) is 0 Å². The van der Waals surface area contributed by atoms with Crippen molar-refractivity contribution in [2.75, 3.05) is 19.8 Å². The number of ether oxygens (including phenoxy) is 2. The van der Waals surface area contributed by atoms with Crippen LogP contribution in [0.3, 0.4) is 0 Å². The van der Waals surface area contributed by atoms with Gasteiger partial charge in [0.15, 0.2) is 0 Å². The summed E-state index contributed by atoms with van der Waals surface area (Å²) in [6.45, 7) is 6.67. The molecule has 2 aliphatic heterocycles. The zero-order valence-corrected chi connectivity index (χ0v) is 12.5. The fraction of sp³-hybridized carbons (Fsp3) is 0.750. The van der Waals surface area contributed by atoms with Crippen LogP contribution in [0.4, 0.5) is 0 Å². The van der Waals surface area contributed by atoms with Gasteiger partial charge in [0.05, 0.1) is 11.6 Å². The van der Waals surface area contributed by atoms with Gasteiger partial charge in [-0.05, 0) is 51.7 Å². The van der Waals surface area contributed by atoms with Crippen LogP contribution < -0.4 is 5.32 Å². The standard InChI is InChI=1S/C16H25NO3/c1-12-3-4-15(20-12)13(2)17-14-5-8-19-16(11-14)6-9-18-10-7-16/h3-4,13-14,17H,5-11H2,1-2H3. The Kier molecular flexibility index (Phi) is 4.15. The predicted octanol–water partition coefficient (Wildman–Crippen LogP) is 2.97. The lowest BCUT2D eigenvalue weighted by Gasteiger charge is -2.44. The van der Waals surface area contributed by atoms with Gasteiger partial charge in [-0.3, -0.25) is 0 Å². The Hall–Kier alpha value is -0.840. The van der Waals surface area contributed by atoms with Crippen molar-refractivity contribution >= 4 is 0 Å². The highest BCUT2D eigenvalue weighted by molar-refractivity contribution is 5.09. The molecule has 2 fully saturated rings. The first-order valence-corrected chi connectivity index (χ1v) is 7.71. The van der Waals surface area contributed by atoms with Crippen molar-refractivity contribution in [2.24, 2.45) is 0 Å². The molecule has 0 aliphatic carbocycles. The van der Waals surface area contributed by atoms with Gasteiger partial charge in [0.1, 0.15) is 11.5 Å². The van der Waals surface area contributed by atoms with Gasteiger partial charge in [-0.25, -0.2) is 0 Å². The molecule has 4 heteroatoms. The molecule has 2 saturated heterocycles. The highest BCUT2D eigenvalue weighted by Crippen LogP contribution is 2.35. The Morgan fingerprint density at radius 1 is 1.25 bits per heavy atom. The van der Waals surface area contributed by atoms with E-state index in [1.807, 2.05) is 13.0 Å². The summed E-state index contributed by atoms with van der Waals surface area (Å²) in [4.78, 5) is 0. The van der Waals surface area contributed by atoms with Gasteiger partial charge in [-0.15, -0.1) is 0 Å². The Balaban J connectivity index is 1.59. The molecule has 3 rings (SSSR count). The van der Waals surface area contributed by atoms with E-state index in [1.165, 1.54) is 0 Å². The van der Waals surface area contributed by atoms with E-state index >= 15 is 0 Å². The average Bonchev–Trinajstić information content (AvgIpc) is 2.86. The van der Waals surface area contributed by atoms with Crippen LogP contribution in [0.5, 0.6) is 0 Å². The molecule has 2 atom stereocenters. The summed E-state index contributed by atoms with van der Waals surface area (Å²) in [5.74, 6) is 2.00. The first-order chi connectivity index (χ1) is 9.67. The number of hydrogen-bond acceptors (Lipinski definition) is 4. The summed E-state index contributed by atoms with van der Waals surface area (Å²) < 4.78 is 17.3. The maximum Gasteiger partial charge on any atom is 0.120 e. The lowest BCUT2D eigenvalue weighted by Crippen LogP contribution is -2.50. The maximum absolute atomic E-state index is 6.08. The molecule has 0 amide bonds. The van der Waals surface area contributed by atoms with Crippen LogP contribution in [-0.2, 0) is 9.47 Å². The molecule has 0 bridgehead atoms. The van der Waals surface area contributed by atoms with Crippen LogP contribution in [0, 0.1) is 6.92 Å². The van der Waals surface area contributed by atoms with Crippen molar-refractivity contribution < 1.29 is 13.9 Å². The second-order valence-corrected chi connectivity index (χ2v) is 6.17. The van der Waals surface area contributed by atoms with Crippen LogP contribution in [-0.4, -0.2) is 31.5 Å². The largest absolute Gasteiger partial charge is 0.465 e. The molecule has 4 nitrogen and oxygen atoms in total. The van der Waals surface area contributed by atoms with Crippen LogP contribution in [0.2, 0.25) is 0 Å². The monoisotopic (exact) mass is 279 g/mol. The molecule has 1 aromatic rings. The fourth-order valence-electron chi connectivity index (χ4n) is 3.38. The minimum Gasteiger partial charge on any atom is -0.465 e. The van der Waals surface area contributed by atoms with Crippen molar-refractivity contribution in [1.29, 1.82) is 0 Å². The second kappa shape index (κ2) is 5.88. The number of nitrogens with one attached hydrogen (secondary N) is 1. The zero-order valence-electron chi connectivity index (χ0n) is 12.5. The smallest absolute Gasteiger partial charge is 0.120 e. The third-order valence-corrected chi connectivity index (χ3v) is 4.57. The highest BCUT2D eigenvalue weighted by Gasteiger charge is 2.39. The molecule has 3 heterocycles. The van der Waals surface area contributed by atoms with E-state index in [-0.39, 0.29) is 11.6 Å². The number of hydrogen-bond donors (Lipinski definition) is 1. The van der Waals surface area contributed by atoms with Gasteiger partial charge in [0.2, 0.25) is 0 Å². The molecule has 0 aromatic carbocycles. The molecular formula is C16H25NO3. The number of aryl methyl sites for hydroxylation is 1. The van der Waals surface area contributed by atoms with E-state index in [0.29, 0.717) is 6.04 Å². The Morgan fingerprint density at radius 2 is 2.05 bits per heavy atom. The summed E-state index contributed by atoms with van der Waals surface area (Å²) in [7, 11) is 0. The van der Waals surface area contributed by atoms with E-state index < -0.39 is 0 Å². The van der Waals surface area contributed by atoms with Crippen molar-refractivity contribution in [2.45, 2.75) is 57.2 Å². The van der Waals surface area contributed by atoms with Gasteiger partial charge < -0.3 is 19.2 Å². The quantitative estimate of drug-likeness (QED) is 0.924. The van der Waals surface area contributed by atoms with Gasteiger partial charge >= 0.3 is 0 Å². The zero-order chi connectivity index (χ0) is 14.0. The first-order valence-electron chi connectivity index (χ1n) is 7.71. The van der Waals surface area contributed by atoms with Crippen LogP contribution in [0.15, 0.2) is 16.5 Å². The van der Waals surface area contributed by atoms with Crippen LogP contribution in [0.25, 0.3) is 0 Å².